The van der Waals surface area contributed by atoms with Gasteiger partial charge in [-0.2, -0.15) is 5.10 Å². The van der Waals surface area contributed by atoms with Crippen molar-refractivity contribution in [2.75, 3.05) is 45.2 Å². The van der Waals surface area contributed by atoms with Gasteiger partial charge < -0.3 is 19.9 Å². The van der Waals surface area contributed by atoms with Crippen LogP contribution in [0.3, 0.4) is 0 Å². The van der Waals surface area contributed by atoms with Crippen LogP contribution in [0.25, 0.3) is 11.4 Å². The lowest BCUT2D eigenvalue weighted by Gasteiger charge is -2.36. The Labute approximate surface area is 213 Å². The number of hydrogen-bond acceptors (Lipinski definition) is 6. The van der Waals surface area contributed by atoms with Gasteiger partial charge in [-0.3, -0.25) is 14.3 Å². The fraction of sp³-hybridized carbons (Fsp3) is 0.333. The molecule has 1 fully saturated rings. The molecule has 1 aromatic carbocycles. The Hall–Kier alpha value is -3.30. The van der Waals surface area contributed by atoms with E-state index in [4.69, 9.17) is 27.9 Å². The fourth-order valence-corrected chi connectivity index (χ4v) is 4.38. The van der Waals surface area contributed by atoms with Crippen LogP contribution in [0.15, 0.2) is 36.4 Å². The van der Waals surface area contributed by atoms with Gasteiger partial charge in [0.05, 0.1) is 28.5 Å². The molecule has 0 saturated carbocycles. The lowest BCUT2D eigenvalue weighted by molar-refractivity contribution is -0.132. The maximum atomic E-state index is 13.0. The number of halogens is 2. The van der Waals surface area contributed by atoms with Gasteiger partial charge in [0, 0.05) is 45.0 Å². The zero-order valence-electron chi connectivity index (χ0n) is 19.7. The van der Waals surface area contributed by atoms with E-state index >= 15 is 0 Å². The highest BCUT2D eigenvalue weighted by Gasteiger charge is 2.24. The molecule has 11 heteroatoms. The summed E-state index contributed by atoms with van der Waals surface area (Å²) in [5.74, 6) is 0.282. The number of carbonyl (C=O) groups excluding carboxylic acids is 2. The maximum Gasteiger partial charge on any atom is 0.269 e. The summed E-state index contributed by atoms with van der Waals surface area (Å²) in [6.07, 6.45) is 0. The lowest BCUT2D eigenvalue weighted by atomic mass is 10.2. The third-order valence-corrected chi connectivity index (χ3v) is 6.77. The van der Waals surface area contributed by atoms with Gasteiger partial charge in [-0.25, -0.2) is 4.98 Å². The largest absolute Gasteiger partial charge is 0.495 e. The first-order chi connectivity index (χ1) is 16.8. The molecule has 0 spiro atoms. The number of benzene rings is 1. The van der Waals surface area contributed by atoms with Crippen molar-refractivity contribution in [1.82, 2.24) is 25.0 Å². The Morgan fingerprint density at radius 2 is 1.86 bits per heavy atom. The Morgan fingerprint density at radius 3 is 2.54 bits per heavy atom. The Kier molecular flexibility index (Phi) is 7.47. The van der Waals surface area contributed by atoms with Gasteiger partial charge in [-0.1, -0.05) is 29.3 Å². The summed E-state index contributed by atoms with van der Waals surface area (Å²) >= 11 is 12.7. The smallest absolute Gasteiger partial charge is 0.269 e. The number of aromatic nitrogens is 3. The highest BCUT2D eigenvalue weighted by molar-refractivity contribution is 6.33. The second kappa shape index (κ2) is 10.5. The molecule has 3 heterocycles. The van der Waals surface area contributed by atoms with Gasteiger partial charge in [0.25, 0.3) is 5.91 Å². The molecule has 0 atom stereocenters. The van der Waals surface area contributed by atoms with Crippen molar-refractivity contribution in [3.8, 4) is 17.1 Å². The number of carbonyl (C=O) groups is 2. The topological polar surface area (TPSA) is 92.6 Å². The summed E-state index contributed by atoms with van der Waals surface area (Å²) in [6.45, 7) is 4.42. The van der Waals surface area contributed by atoms with E-state index in [1.165, 1.54) is 0 Å². The zero-order valence-corrected chi connectivity index (χ0v) is 21.2. The number of hydrogen-bond donors (Lipinski definition) is 1. The summed E-state index contributed by atoms with van der Waals surface area (Å²) in [5.41, 5.74) is 2.83. The Balaban J connectivity index is 1.43. The number of ether oxygens (including phenoxy) is 1. The summed E-state index contributed by atoms with van der Waals surface area (Å²) in [6, 6.07) is 10.7. The molecular weight excluding hydrogens is 491 g/mol. The first-order valence-corrected chi connectivity index (χ1v) is 11.9. The van der Waals surface area contributed by atoms with Crippen LogP contribution in [0.2, 0.25) is 10.0 Å². The lowest BCUT2D eigenvalue weighted by Crippen LogP contribution is -2.49. The number of amides is 2. The third kappa shape index (κ3) is 5.21. The number of rotatable bonds is 6. The molecule has 1 N–H and O–H groups in total. The van der Waals surface area contributed by atoms with Crippen molar-refractivity contribution < 1.29 is 14.3 Å². The second-order valence-corrected chi connectivity index (χ2v) is 8.86. The van der Waals surface area contributed by atoms with Crippen molar-refractivity contribution in [2.45, 2.75) is 13.5 Å². The Morgan fingerprint density at radius 1 is 1.11 bits per heavy atom. The van der Waals surface area contributed by atoms with Crippen molar-refractivity contribution in [3.05, 3.63) is 57.8 Å². The molecule has 184 valence electrons. The van der Waals surface area contributed by atoms with Crippen molar-refractivity contribution in [1.29, 1.82) is 0 Å². The van der Waals surface area contributed by atoms with Crippen LogP contribution >= 0.6 is 23.2 Å². The molecule has 0 bridgehead atoms. The number of nitrogens with zero attached hydrogens (tertiary/aromatic N) is 5. The van der Waals surface area contributed by atoms with E-state index in [2.05, 4.69) is 20.3 Å². The van der Waals surface area contributed by atoms with Gasteiger partial charge in [-0.15, -0.1) is 0 Å². The highest BCUT2D eigenvalue weighted by Crippen LogP contribution is 2.30. The van der Waals surface area contributed by atoms with Gasteiger partial charge in [0.1, 0.15) is 23.7 Å². The minimum absolute atomic E-state index is 0.0424. The van der Waals surface area contributed by atoms with E-state index in [1.807, 2.05) is 23.1 Å². The Bertz CT molecular complexity index is 1250. The standard InChI is InChI=1S/C24H26Cl2N6O3/c1-15-22(26)23(18-5-4-6-19(28-18)24(34)27-2)29-32(15)14-21(33)31-11-9-30(10-12-31)16-7-8-17(25)20(13-16)35-3/h4-8,13H,9-12,14H2,1-3H3,(H,27,34). The molecule has 1 aliphatic rings. The van der Waals surface area contributed by atoms with Crippen LogP contribution < -0.4 is 15.0 Å². The van der Waals surface area contributed by atoms with Crippen molar-refractivity contribution in [2.24, 2.45) is 0 Å². The SMILES string of the molecule is CNC(=O)c1cccc(-c2nn(CC(=O)N3CCN(c4ccc(Cl)c(OC)c4)CC3)c(C)c2Cl)n1. The van der Waals surface area contributed by atoms with Crippen LogP contribution in [0, 0.1) is 6.92 Å². The number of methoxy groups -OCH3 is 1. The van der Waals surface area contributed by atoms with Gasteiger partial charge in [0.2, 0.25) is 5.91 Å². The van der Waals surface area contributed by atoms with E-state index in [0.717, 1.165) is 5.69 Å². The van der Waals surface area contributed by atoms with E-state index in [9.17, 15) is 9.59 Å². The van der Waals surface area contributed by atoms with Crippen LogP contribution in [0.5, 0.6) is 5.75 Å². The average molecular weight is 517 g/mol. The molecule has 1 aliphatic heterocycles. The molecule has 2 amide bonds. The maximum absolute atomic E-state index is 13.0. The van der Waals surface area contributed by atoms with Crippen LogP contribution in [0.4, 0.5) is 5.69 Å². The predicted octanol–water partition coefficient (Wildman–Crippen LogP) is 3.28. The van der Waals surface area contributed by atoms with Gasteiger partial charge >= 0.3 is 0 Å². The zero-order chi connectivity index (χ0) is 25.1. The van der Waals surface area contributed by atoms with Crippen LogP contribution in [0.1, 0.15) is 16.2 Å². The first-order valence-electron chi connectivity index (χ1n) is 11.1. The summed E-state index contributed by atoms with van der Waals surface area (Å²) in [5, 5.41) is 8.05. The second-order valence-electron chi connectivity index (χ2n) is 8.08. The van der Waals surface area contributed by atoms with E-state index < -0.39 is 0 Å². The minimum Gasteiger partial charge on any atom is -0.495 e. The predicted molar refractivity (Wildman–Crippen MR) is 135 cm³/mol. The number of piperazine rings is 1. The number of anilines is 1. The molecule has 2 aromatic heterocycles. The summed E-state index contributed by atoms with van der Waals surface area (Å²) in [4.78, 5) is 33.4. The molecule has 35 heavy (non-hydrogen) atoms. The van der Waals surface area contributed by atoms with Crippen LogP contribution in [-0.4, -0.2) is 71.8 Å². The van der Waals surface area contributed by atoms with Crippen molar-refractivity contribution >= 4 is 40.7 Å². The van der Waals surface area contributed by atoms with E-state index in [0.29, 0.717) is 59.1 Å². The fourth-order valence-electron chi connectivity index (χ4n) is 3.95. The van der Waals surface area contributed by atoms with Gasteiger partial charge in [0.15, 0.2) is 0 Å². The van der Waals surface area contributed by atoms with E-state index in [-0.39, 0.29) is 24.1 Å². The molecule has 9 nitrogen and oxygen atoms in total. The summed E-state index contributed by atoms with van der Waals surface area (Å²) in [7, 11) is 3.13. The molecular formula is C24H26Cl2N6O3. The van der Waals surface area contributed by atoms with Crippen molar-refractivity contribution in [3.63, 3.8) is 0 Å². The average Bonchev–Trinajstić information content (AvgIpc) is 3.17. The molecule has 0 unspecified atom stereocenters. The number of pyridine rings is 1. The summed E-state index contributed by atoms with van der Waals surface area (Å²) < 4.78 is 6.90. The monoisotopic (exact) mass is 516 g/mol. The normalized spacial score (nSPS) is 13.6. The molecule has 0 aliphatic carbocycles. The third-order valence-electron chi connectivity index (χ3n) is 6.00. The molecule has 3 aromatic rings. The first kappa shape index (κ1) is 24.8. The molecule has 0 radical (unpaired) electrons. The van der Waals surface area contributed by atoms with Crippen LogP contribution in [-0.2, 0) is 11.3 Å². The highest BCUT2D eigenvalue weighted by atomic mass is 35.5. The van der Waals surface area contributed by atoms with Gasteiger partial charge in [-0.05, 0) is 31.2 Å². The van der Waals surface area contributed by atoms with E-state index in [1.54, 1.807) is 44.0 Å². The quantitative estimate of drug-likeness (QED) is 0.540. The molecule has 1 saturated heterocycles. The minimum atomic E-state index is -0.300. The molecule has 4 rings (SSSR count). The number of nitrogens with one attached hydrogen (secondary N) is 1.